The van der Waals surface area contributed by atoms with E-state index in [9.17, 15) is 18.3 Å². The maximum Gasteiger partial charge on any atom is 0.523 e. The van der Waals surface area contributed by atoms with Crippen molar-refractivity contribution in [2.45, 2.75) is 30.9 Å². The average Bonchev–Trinajstić information content (AvgIpc) is 3.08. The Morgan fingerprint density at radius 1 is 1.31 bits per heavy atom. The number of nitrogen functional groups attached to an aromatic ring is 1. The maximum atomic E-state index is 12.7. The standard InChI is InChI=1S/C11H13F3N5O6P/c12-11(13,14)25-7-6(20)4(1-23-26(21)22)24-10(7)19-3-18-5-8(15)16-2-17-9(5)19/h2-4,6-7,10,20-22H,1H2,(H2,15,16,17)/t4-,6-,7-,10-/m1/s1. The lowest BCUT2D eigenvalue weighted by Gasteiger charge is -2.22. The first kappa shape index (κ1) is 19.1. The number of hydrogen-bond acceptors (Lipinski definition) is 10. The van der Waals surface area contributed by atoms with Crippen LogP contribution >= 0.6 is 8.60 Å². The fourth-order valence-corrected chi connectivity index (χ4v) is 2.84. The monoisotopic (exact) mass is 399 g/mol. The molecule has 3 heterocycles. The molecule has 1 fully saturated rings. The largest absolute Gasteiger partial charge is 0.523 e. The summed E-state index contributed by atoms with van der Waals surface area (Å²) in [7, 11) is -2.78. The van der Waals surface area contributed by atoms with Crippen molar-refractivity contribution >= 4 is 25.6 Å². The SMILES string of the molecule is Nc1ncnc2c1ncn2[C@@H]1O[C@H](COP(O)O)[C@@H](O)[C@H]1OC(F)(F)F. The van der Waals surface area contributed by atoms with E-state index >= 15 is 0 Å². The number of halogens is 3. The van der Waals surface area contributed by atoms with E-state index in [1.165, 1.54) is 0 Å². The zero-order valence-electron chi connectivity index (χ0n) is 12.7. The van der Waals surface area contributed by atoms with Crippen molar-refractivity contribution in [2.24, 2.45) is 0 Å². The van der Waals surface area contributed by atoms with Gasteiger partial charge in [-0.15, -0.1) is 13.2 Å². The number of nitrogens with two attached hydrogens (primary N) is 1. The van der Waals surface area contributed by atoms with Gasteiger partial charge in [-0.3, -0.25) is 9.30 Å². The molecule has 0 amide bonds. The minimum absolute atomic E-state index is 0.00618. The maximum absolute atomic E-state index is 12.7. The lowest BCUT2D eigenvalue weighted by atomic mass is 10.1. The molecule has 0 radical (unpaired) electrons. The summed E-state index contributed by atoms with van der Waals surface area (Å²) in [6.07, 6.45) is -9.33. The molecule has 11 nitrogen and oxygen atoms in total. The molecule has 1 aliphatic heterocycles. The predicted octanol–water partition coefficient (Wildman–Crippen LogP) is -0.200. The normalized spacial score (nSPS) is 26.9. The van der Waals surface area contributed by atoms with Gasteiger partial charge in [0, 0.05) is 0 Å². The Morgan fingerprint density at radius 3 is 2.69 bits per heavy atom. The van der Waals surface area contributed by atoms with Crippen molar-refractivity contribution < 1.29 is 42.1 Å². The molecule has 5 N–H and O–H groups in total. The lowest BCUT2D eigenvalue weighted by Crippen LogP contribution is -2.39. The van der Waals surface area contributed by atoms with Crippen molar-refractivity contribution in [3.63, 3.8) is 0 Å². The molecule has 15 heteroatoms. The van der Waals surface area contributed by atoms with Crippen LogP contribution in [0.25, 0.3) is 11.2 Å². The van der Waals surface area contributed by atoms with E-state index in [-0.39, 0.29) is 17.0 Å². The minimum atomic E-state index is -5.06. The van der Waals surface area contributed by atoms with Crippen molar-refractivity contribution in [3.05, 3.63) is 12.7 Å². The highest BCUT2D eigenvalue weighted by atomic mass is 31.2. The number of imidazole rings is 1. The number of nitrogens with zero attached hydrogens (tertiary/aromatic N) is 4. The summed E-state index contributed by atoms with van der Waals surface area (Å²) in [5, 5.41) is 10.1. The van der Waals surface area contributed by atoms with E-state index in [2.05, 4.69) is 24.2 Å². The molecule has 0 spiro atoms. The summed E-state index contributed by atoms with van der Waals surface area (Å²) in [4.78, 5) is 29.1. The Morgan fingerprint density at radius 2 is 2.04 bits per heavy atom. The number of hydrogen-bond donors (Lipinski definition) is 4. The van der Waals surface area contributed by atoms with Gasteiger partial charge in [-0.2, -0.15) is 0 Å². The number of aliphatic hydroxyl groups excluding tert-OH is 1. The highest BCUT2D eigenvalue weighted by Crippen LogP contribution is 2.38. The zero-order valence-corrected chi connectivity index (χ0v) is 13.6. The van der Waals surface area contributed by atoms with Crippen LogP contribution in [0.15, 0.2) is 12.7 Å². The van der Waals surface area contributed by atoms with Crippen LogP contribution in [0.2, 0.25) is 0 Å². The van der Waals surface area contributed by atoms with Gasteiger partial charge in [-0.25, -0.2) is 15.0 Å². The van der Waals surface area contributed by atoms with Gasteiger partial charge in [0.05, 0.1) is 12.9 Å². The molecule has 2 aromatic heterocycles. The van der Waals surface area contributed by atoms with Gasteiger partial charge in [0.2, 0.25) is 0 Å². The molecule has 0 unspecified atom stereocenters. The Hall–Kier alpha value is -1.67. The second kappa shape index (κ2) is 7.15. The summed E-state index contributed by atoms with van der Waals surface area (Å²) < 4.78 is 53.3. The second-order valence-electron chi connectivity index (χ2n) is 5.22. The van der Waals surface area contributed by atoms with E-state index in [4.69, 9.17) is 20.3 Å². The summed E-state index contributed by atoms with van der Waals surface area (Å²) in [5.41, 5.74) is 5.84. The third kappa shape index (κ3) is 3.86. The quantitative estimate of drug-likeness (QED) is 0.496. The van der Waals surface area contributed by atoms with Crippen LogP contribution < -0.4 is 5.73 Å². The summed E-state index contributed by atoms with van der Waals surface area (Å²) in [6.45, 7) is -0.572. The first-order valence-corrected chi connectivity index (χ1v) is 8.16. The minimum Gasteiger partial charge on any atom is -0.387 e. The molecule has 3 rings (SSSR count). The molecule has 1 saturated heterocycles. The Labute approximate surface area is 144 Å². The van der Waals surface area contributed by atoms with Crippen molar-refractivity contribution in [2.75, 3.05) is 12.3 Å². The predicted molar refractivity (Wildman–Crippen MR) is 77.9 cm³/mol. The fourth-order valence-electron chi connectivity index (χ4n) is 2.56. The van der Waals surface area contributed by atoms with Gasteiger partial charge in [0.1, 0.15) is 30.2 Å². The van der Waals surface area contributed by atoms with E-state index in [1.807, 2.05) is 0 Å². The van der Waals surface area contributed by atoms with Crippen LogP contribution in [-0.2, 0) is 14.0 Å². The van der Waals surface area contributed by atoms with E-state index in [0.717, 1.165) is 17.2 Å². The molecule has 0 aliphatic carbocycles. The molecule has 0 bridgehead atoms. The molecular formula is C11H13F3N5O6P. The summed E-state index contributed by atoms with van der Waals surface area (Å²) in [5.74, 6) is 0.00618. The molecular weight excluding hydrogens is 386 g/mol. The molecule has 2 aromatic rings. The third-order valence-electron chi connectivity index (χ3n) is 3.60. The Bertz CT molecular complexity index is 776. The van der Waals surface area contributed by atoms with Crippen LogP contribution in [0, 0.1) is 0 Å². The van der Waals surface area contributed by atoms with Crippen molar-refractivity contribution in [1.29, 1.82) is 0 Å². The second-order valence-corrected chi connectivity index (χ2v) is 5.98. The number of alkyl halides is 3. The molecule has 0 saturated carbocycles. The number of ether oxygens (including phenoxy) is 2. The first-order valence-electron chi connectivity index (χ1n) is 6.99. The van der Waals surface area contributed by atoms with Gasteiger partial charge in [-0.1, -0.05) is 0 Å². The van der Waals surface area contributed by atoms with Crippen molar-refractivity contribution in [3.8, 4) is 0 Å². The summed E-state index contributed by atoms with van der Waals surface area (Å²) in [6, 6.07) is 0. The zero-order chi connectivity index (χ0) is 19.1. The Kier molecular flexibility index (Phi) is 5.25. The first-order chi connectivity index (χ1) is 12.2. The van der Waals surface area contributed by atoms with Gasteiger partial charge in [0.15, 0.2) is 17.7 Å². The fraction of sp³-hybridized carbons (Fsp3) is 0.545. The van der Waals surface area contributed by atoms with Gasteiger partial charge >= 0.3 is 15.0 Å². The van der Waals surface area contributed by atoms with Crippen LogP contribution in [0.1, 0.15) is 6.23 Å². The van der Waals surface area contributed by atoms with Gasteiger partial charge in [0.25, 0.3) is 0 Å². The van der Waals surface area contributed by atoms with E-state index in [0.29, 0.717) is 0 Å². The van der Waals surface area contributed by atoms with Crippen molar-refractivity contribution in [1.82, 2.24) is 19.5 Å². The van der Waals surface area contributed by atoms with Crippen LogP contribution in [0.5, 0.6) is 0 Å². The number of aliphatic hydroxyl groups is 1. The molecule has 4 atom stereocenters. The van der Waals surface area contributed by atoms with Gasteiger partial charge in [-0.05, 0) is 0 Å². The van der Waals surface area contributed by atoms with E-state index < -0.39 is 46.1 Å². The third-order valence-corrected chi connectivity index (χ3v) is 3.98. The van der Waals surface area contributed by atoms with Crippen LogP contribution in [0.3, 0.4) is 0 Å². The number of aromatic nitrogens is 4. The van der Waals surface area contributed by atoms with E-state index in [1.54, 1.807) is 0 Å². The Balaban J connectivity index is 1.94. The molecule has 1 aliphatic rings. The average molecular weight is 399 g/mol. The molecule has 0 aromatic carbocycles. The topological polar surface area (TPSA) is 158 Å². The molecule has 26 heavy (non-hydrogen) atoms. The highest BCUT2D eigenvalue weighted by Gasteiger charge is 2.51. The number of rotatable bonds is 5. The highest BCUT2D eigenvalue weighted by molar-refractivity contribution is 7.39. The number of fused-ring (bicyclic) bond motifs is 1. The number of anilines is 1. The lowest BCUT2D eigenvalue weighted by molar-refractivity contribution is -0.355. The summed E-state index contributed by atoms with van der Waals surface area (Å²) >= 11 is 0. The van der Waals surface area contributed by atoms with Gasteiger partial charge < -0.3 is 29.9 Å². The van der Waals surface area contributed by atoms with Crippen LogP contribution in [0.4, 0.5) is 19.0 Å². The smallest absolute Gasteiger partial charge is 0.387 e. The molecule has 144 valence electrons. The van der Waals surface area contributed by atoms with Crippen LogP contribution in [-0.4, -0.2) is 65.7 Å².